The summed E-state index contributed by atoms with van der Waals surface area (Å²) in [6, 6.07) is 23.8. The first kappa shape index (κ1) is 19.2. The molecule has 2 amide bonds. The molecule has 5 heteroatoms. The van der Waals surface area contributed by atoms with E-state index in [1.807, 2.05) is 66.7 Å². The first-order valence-electron chi connectivity index (χ1n) is 9.63. The van der Waals surface area contributed by atoms with E-state index in [0.29, 0.717) is 30.0 Å². The Morgan fingerprint density at radius 1 is 0.931 bits per heavy atom. The van der Waals surface area contributed by atoms with Gasteiger partial charge in [-0.05, 0) is 41.8 Å². The van der Waals surface area contributed by atoms with Gasteiger partial charge in [-0.3, -0.25) is 14.5 Å². The molecule has 1 aliphatic heterocycles. The van der Waals surface area contributed by atoms with Crippen molar-refractivity contribution in [3.63, 3.8) is 0 Å². The average molecular weight is 405 g/mol. The number of halogens is 1. The van der Waals surface area contributed by atoms with E-state index in [-0.39, 0.29) is 11.8 Å². The van der Waals surface area contributed by atoms with Crippen LogP contribution in [0.1, 0.15) is 21.5 Å². The third-order valence-electron chi connectivity index (χ3n) is 5.17. The number of rotatable bonds is 5. The average Bonchev–Trinajstić information content (AvgIpc) is 3.15. The maximum Gasteiger partial charge on any atom is 0.259 e. The standard InChI is InChI=1S/C24H21ClN2O2/c25-20-12-6-4-8-17(20)14-15-26-23(28)22-16-19-11-5-7-13-21(19)27(22)24(29)18-9-2-1-3-10-18/h1-13,22H,14-16H2,(H,26,28). The van der Waals surface area contributed by atoms with E-state index < -0.39 is 6.04 Å². The third kappa shape index (κ3) is 4.03. The smallest absolute Gasteiger partial charge is 0.259 e. The van der Waals surface area contributed by atoms with E-state index >= 15 is 0 Å². The largest absolute Gasteiger partial charge is 0.354 e. The third-order valence-corrected chi connectivity index (χ3v) is 5.54. The van der Waals surface area contributed by atoms with E-state index in [1.165, 1.54) is 0 Å². The minimum Gasteiger partial charge on any atom is -0.354 e. The number of fused-ring (bicyclic) bond motifs is 1. The van der Waals surface area contributed by atoms with Crippen LogP contribution in [0.4, 0.5) is 5.69 Å². The number of hydrogen-bond acceptors (Lipinski definition) is 2. The van der Waals surface area contributed by atoms with E-state index in [2.05, 4.69) is 5.32 Å². The molecule has 0 aliphatic carbocycles. The molecule has 1 unspecified atom stereocenters. The van der Waals surface area contributed by atoms with Crippen LogP contribution in [0.2, 0.25) is 5.02 Å². The predicted octanol–water partition coefficient (Wildman–Crippen LogP) is 4.27. The number of amides is 2. The molecule has 3 aromatic carbocycles. The highest BCUT2D eigenvalue weighted by Gasteiger charge is 2.38. The minimum atomic E-state index is -0.564. The summed E-state index contributed by atoms with van der Waals surface area (Å²) in [6.45, 7) is 0.461. The summed E-state index contributed by atoms with van der Waals surface area (Å²) in [5.74, 6) is -0.320. The summed E-state index contributed by atoms with van der Waals surface area (Å²) in [7, 11) is 0. The Hall–Kier alpha value is -3.11. The Morgan fingerprint density at radius 2 is 1.62 bits per heavy atom. The van der Waals surface area contributed by atoms with Gasteiger partial charge in [0, 0.05) is 29.2 Å². The van der Waals surface area contributed by atoms with Gasteiger partial charge in [0.1, 0.15) is 6.04 Å². The SMILES string of the molecule is O=C(NCCc1ccccc1Cl)C1Cc2ccccc2N1C(=O)c1ccccc1. The van der Waals surface area contributed by atoms with Crippen molar-refractivity contribution in [2.75, 3.05) is 11.4 Å². The maximum atomic E-state index is 13.2. The number of para-hydroxylation sites is 1. The molecule has 0 fully saturated rings. The van der Waals surface area contributed by atoms with Gasteiger partial charge < -0.3 is 5.32 Å². The molecule has 0 saturated heterocycles. The number of nitrogens with zero attached hydrogens (tertiary/aromatic N) is 1. The van der Waals surface area contributed by atoms with Crippen molar-refractivity contribution in [2.45, 2.75) is 18.9 Å². The molecule has 4 rings (SSSR count). The zero-order valence-electron chi connectivity index (χ0n) is 15.8. The van der Waals surface area contributed by atoms with Crippen molar-refractivity contribution >= 4 is 29.1 Å². The lowest BCUT2D eigenvalue weighted by Gasteiger charge is -2.25. The quantitative estimate of drug-likeness (QED) is 0.690. The Morgan fingerprint density at radius 3 is 2.41 bits per heavy atom. The summed E-state index contributed by atoms with van der Waals surface area (Å²) in [6.07, 6.45) is 1.14. The van der Waals surface area contributed by atoms with Crippen molar-refractivity contribution in [2.24, 2.45) is 0 Å². The van der Waals surface area contributed by atoms with E-state index in [1.54, 1.807) is 17.0 Å². The highest BCUT2D eigenvalue weighted by atomic mass is 35.5. The van der Waals surface area contributed by atoms with Crippen LogP contribution < -0.4 is 10.2 Å². The minimum absolute atomic E-state index is 0.155. The van der Waals surface area contributed by atoms with Gasteiger partial charge in [0.15, 0.2) is 0 Å². The molecular formula is C24H21ClN2O2. The Balaban J connectivity index is 1.51. The lowest BCUT2D eigenvalue weighted by molar-refractivity contribution is -0.122. The molecule has 29 heavy (non-hydrogen) atoms. The summed E-state index contributed by atoms with van der Waals surface area (Å²) in [5.41, 5.74) is 3.36. The van der Waals surface area contributed by atoms with Gasteiger partial charge in [-0.1, -0.05) is 66.2 Å². The molecule has 146 valence electrons. The van der Waals surface area contributed by atoms with Crippen LogP contribution in [-0.4, -0.2) is 24.4 Å². The fraction of sp³-hybridized carbons (Fsp3) is 0.167. The Kier molecular flexibility index (Phi) is 5.63. The first-order chi connectivity index (χ1) is 14.1. The number of carbonyl (C=O) groups excluding carboxylic acids is 2. The molecule has 1 heterocycles. The number of nitrogens with one attached hydrogen (secondary N) is 1. The van der Waals surface area contributed by atoms with E-state index in [0.717, 1.165) is 16.8 Å². The van der Waals surface area contributed by atoms with Crippen molar-refractivity contribution in [1.29, 1.82) is 0 Å². The van der Waals surface area contributed by atoms with E-state index in [4.69, 9.17) is 11.6 Å². The number of benzene rings is 3. The van der Waals surface area contributed by atoms with Crippen molar-refractivity contribution < 1.29 is 9.59 Å². The predicted molar refractivity (Wildman–Crippen MR) is 115 cm³/mol. The molecule has 1 atom stereocenters. The lowest BCUT2D eigenvalue weighted by Crippen LogP contribution is -2.48. The Bertz CT molecular complexity index is 1040. The van der Waals surface area contributed by atoms with Crippen LogP contribution in [0.25, 0.3) is 0 Å². The molecule has 0 radical (unpaired) electrons. The highest BCUT2D eigenvalue weighted by Crippen LogP contribution is 2.33. The molecule has 1 aliphatic rings. The molecule has 0 bridgehead atoms. The monoisotopic (exact) mass is 404 g/mol. The second-order valence-corrected chi connectivity index (χ2v) is 7.43. The fourth-order valence-electron chi connectivity index (χ4n) is 3.71. The topological polar surface area (TPSA) is 49.4 Å². The second kappa shape index (κ2) is 8.50. The number of carbonyl (C=O) groups is 2. The van der Waals surface area contributed by atoms with Crippen LogP contribution in [0, 0.1) is 0 Å². The molecule has 4 nitrogen and oxygen atoms in total. The molecule has 0 spiro atoms. The van der Waals surface area contributed by atoms with Gasteiger partial charge in [0.2, 0.25) is 5.91 Å². The van der Waals surface area contributed by atoms with Gasteiger partial charge in [-0.15, -0.1) is 0 Å². The molecular weight excluding hydrogens is 384 g/mol. The summed E-state index contributed by atoms with van der Waals surface area (Å²) < 4.78 is 0. The first-order valence-corrected chi connectivity index (χ1v) is 10.0. The maximum absolute atomic E-state index is 13.2. The van der Waals surface area contributed by atoms with Crippen LogP contribution >= 0.6 is 11.6 Å². The van der Waals surface area contributed by atoms with Crippen molar-refractivity contribution in [3.8, 4) is 0 Å². The van der Waals surface area contributed by atoms with Crippen LogP contribution in [0.15, 0.2) is 78.9 Å². The highest BCUT2D eigenvalue weighted by molar-refractivity contribution is 6.31. The van der Waals surface area contributed by atoms with Gasteiger partial charge in [0.05, 0.1) is 0 Å². The van der Waals surface area contributed by atoms with Gasteiger partial charge in [0.25, 0.3) is 5.91 Å². The fourth-order valence-corrected chi connectivity index (χ4v) is 3.94. The van der Waals surface area contributed by atoms with Crippen LogP contribution in [0.5, 0.6) is 0 Å². The summed E-state index contributed by atoms with van der Waals surface area (Å²) in [5, 5.41) is 3.67. The van der Waals surface area contributed by atoms with Crippen molar-refractivity contribution in [3.05, 3.63) is 101 Å². The van der Waals surface area contributed by atoms with Gasteiger partial charge >= 0.3 is 0 Å². The zero-order valence-corrected chi connectivity index (χ0v) is 16.6. The summed E-state index contributed by atoms with van der Waals surface area (Å²) >= 11 is 6.19. The van der Waals surface area contributed by atoms with Gasteiger partial charge in [-0.25, -0.2) is 0 Å². The van der Waals surface area contributed by atoms with E-state index in [9.17, 15) is 9.59 Å². The molecule has 0 saturated carbocycles. The lowest BCUT2D eigenvalue weighted by atomic mass is 10.1. The number of anilines is 1. The molecule has 0 aromatic heterocycles. The molecule has 1 N–H and O–H groups in total. The zero-order chi connectivity index (χ0) is 20.2. The normalized spacial score (nSPS) is 15.1. The number of hydrogen-bond donors (Lipinski definition) is 1. The molecule has 3 aromatic rings. The Labute approximate surface area is 175 Å². The van der Waals surface area contributed by atoms with Crippen LogP contribution in [0.3, 0.4) is 0 Å². The second-order valence-electron chi connectivity index (χ2n) is 7.02. The van der Waals surface area contributed by atoms with Crippen molar-refractivity contribution in [1.82, 2.24) is 5.32 Å². The van der Waals surface area contributed by atoms with Gasteiger partial charge in [-0.2, -0.15) is 0 Å². The van der Waals surface area contributed by atoms with Crippen LogP contribution in [-0.2, 0) is 17.6 Å². The summed E-state index contributed by atoms with van der Waals surface area (Å²) in [4.78, 5) is 27.8.